The summed E-state index contributed by atoms with van der Waals surface area (Å²) in [5.74, 6) is 7.55. The molecule has 0 aliphatic heterocycles. The average molecular weight is 280 g/mol. The van der Waals surface area contributed by atoms with Crippen molar-refractivity contribution < 1.29 is 4.74 Å². The van der Waals surface area contributed by atoms with Gasteiger partial charge in [0, 0.05) is 24.2 Å². The molecule has 19 heavy (non-hydrogen) atoms. The molecular formula is C12H14ClN5O. The van der Waals surface area contributed by atoms with Crippen LogP contribution in [0.15, 0.2) is 24.5 Å². The van der Waals surface area contributed by atoms with E-state index >= 15 is 0 Å². The number of hydrazine groups is 1. The molecule has 7 heteroatoms. The van der Waals surface area contributed by atoms with E-state index in [0.29, 0.717) is 28.3 Å². The van der Waals surface area contributed by atoms with Crippen LogP contribution in [-0.2, 0) is 0 Å². The Bertz CT molecular complexity index is 576. The number of anilines is 1. The minimum Gasteiger partial charge on any atom is -0.437 e. The normalized spacial score (nSPS) is 10.6. The first-order valence-corrected chi connectivity index (χ1v) is 6.10. The summed E-state index contributed by atoms with van der Waals surface area (Å²) in [7, 11) is 0. The summed E-state index contributed by atoms with van der Waals surface area (Å²) in [6.07, 6.45) is 3.08. The van der Waals surface area contributed by atoms with Crippen LogP contribution >= 0.6 is 11.6 Å². The third-order valence-corrected chi connectivity index (χ3v) is 2.49. The zero-order chi connectivity index (χ0) is 13.8. The predicted molar refractivity (Wildman–Crippen MR) is 73.3 cm³/mol. The second-order valence-corrected chi connectivity index (χ2v) is 4.63. The van der Waals surface area contributed by atoms with Crippen molar-refractivity contribution in [3.05, 3.63) is 35.4 Å². The summed E-state index contributed by atoms with van der Waals surface area (Å²) in [6.45, 7) is 3.97. The molecule has 0 aliphatic rings. The van der Waals surface area contributed by atoms with Gasteiger partial charge in [-0.15, -0.1) is 0 Å². The van der Waals surface area contributed by atoms with Crippen molar-refractivity contribution in [2.75, 3.05) is 5.43 Å². The maximum Gasteiger partial charge on any atom is 0.224 e. The summed E-state index contributed by atoms with van der Waals surface area (Å²) in [4.78, 5) is 12.5. The van der Waals surface area contributed by atoms with Crippen molar-refractivity contribution >= 4 is 17.4 Å². The number of pyridine rings is 1. The highest BCUT2D eigenvalue weighted by Gasteiger charge is 2.09. The molecule has 100 valence electrons. The van der Waals surface area contributed by atoms with Gasteiger partial charge in [-0.2, -0.15) is 4.98 Å². The van der Waals surface area contributed by atoms with Crippen molar-refractivity contribution in [1.29, 1.82) is 0 Å². The lowest BCUT2D eigenvalue weighted by Crippen LogP contribution is -2.11. The van der Waals surface area contributed by atoms with Crippen LogP contribution in [-0.4, -0.2) is 15.0 Å². The lowest BCUT2D eigenvalue weighted by Gasteiger charge is -2.10. The molecule has 2 heterocycles. The lowest BCUT2D eigenvalue weighted by molar-refractivity contribution is 0.455. The van der Waals surface area contributed by atoms with Crippen molar-refractivity contribution in [3.8, 4) is 11.6 Å². The predicted octanol–water partition coefficient (Wildman–Crippen LogP) is 2.73. The molecule has 2 rings (SSSR count). The van der Waals surface area contributed by atoms with Gasteiger partial charge < -0.3 is 10.2 Å². The summed E-state index contributed by atoms with van der Waals surface area (Å²) in [5.41, 5.74) is 2.49. The third kappa shape index (κ3) is 3.52. The molecule has 0 spiro atoms. The Kier molecular flexibility index (Phi) is 4.13. The minimum atomic E-state index is 0.160. The van der Waals surface area contributed by atoms with Crippen LogP contribution in [0.4, 0.5) is 5.82 Å². The van der Waals surface area contributed by atoms with E-state index in [9.17, 15) is 0 Å². The summed E-state index contributed by atoms with van der Waals surface area (Å²) in [5, 5.41) is 0.493. The van der Waals surface area contributed by atoms with E-state index in [0.717, 1.165) is 0 Å². The SMILES string of the molecule is CC(C)c1nc(NN)cc(Oc2cncc(Cl)c2)n1. The fraction of sp³-hybridized carbons (Fsp3) is 0.250. The van der Waals surface area contributed by atoms with Gasteiger partial charge in [0.05, 0.1) is 11.2 Å². The highest BCUT2D eigenvalue weighted by molar-refractivity contribution is 6.30. The van der Waals surface area contributed by atoms with Crippen molar-refractivity contribution in [2.45, 2.75) is 19.8 Å². The van der Waals surface area contributed by atoms with Crippen LogP contribution in [0.3, 0.4) is 0 Å². The van der Waals surface area contributed by atoms with E-state index in [4.69, 9.17) is 22.2 Å². The number of nitrogens with one attached hydrogen (secondary N) is 1. The smallest absolute Gasteiger partial charge is 0.224 e. The van der Waals surface area contributed by atoms with E-state index in [1.54, 1.807) is 18.3 Å². The number of nitrogens with zero attached hydrogens (tertiary/aromatic N) is 3. The molecular weight excluding hydrogens is 266 g/mol. The fourth-order valence-corrected chi connectivity index (χ4v) is 1.56. The molecule has 2 aromatic rings. The second-order valence-electron chi connectivity index (χ2n) is 4.19. The molecule has 0 atom stereocenters. The van der Waals surface area contributed by atoms with E-state index in [1.807, 2.05) is 13.8 Å². The number of aromatic nitrogens is 3. The lowest BCUT2D eigenvalue weighted by atomic mass is 10.2. The molecule has 3 N–H and O–H groups in total. The molecule has 0 saturated heterocycles. The van der Waals surface area contributed by atoms with E-state index < -0.39 is 0 Å². The zero-order valence-electron chi connectivity index (χ0n) is 10.6. The van der Waals surface area contributed by atoms with Gasteiger partial charge >= 0.3 is 0 Å². The molecule has 6 nitrogen and oxygen atoms in total. The highest BCUT2D eigenvalue weighted by Crippen LogP contribution is 2.24. The van der Waals surface area contributed by atoms with Gasteiger partial charge in [0.25, 0.3) is 0 Å². The van der Waals surface area contributed by atoms with E-state index in [1.165, 1.54) is 6.20 Å². The Balaban J connectivity index is 2.31. The minimum absolute atomic E-state index is 0.160. The quantitative estimate of drug-likeness (QED) is 0.661. The monoisotopic (exact) mass is 279 g/mol. The number of nitrogens with two attached hydrogens (primary N) is 1. The number of hydrogen-bond acceptors (Lipinski definition) is 6. The Morgan fingerprint density at radius 1 is 1.26 bits per heavy atom. The van der Waals surface area contributed by atoms with Crippen LogP contribution in [0.5, 0.6) is 11.6 Å². The van der Waals surface area contributed by atoms with Crippen molar-refractivity contribution in [1.82, 2.24) is 15.0 Å². The summed E-state index contributed by atoms with van der Waals surface area (Å²) >= 11 is 5.84. The molecule has 0 fully saturated rings. The van der Waals surface area contributed by atoms with Gasteiger partial charge in [0.2, 0.25) is 5.88 Å². The first-order chi connectivity index (χ1) is 9.08. The van der Waals surface area contributed by atoms with Gasteiger partial charge in [-0.3, -0.25) is 4.98 Å². The second kappa shape index (κ2) is 5.81. The van der Waals surface area contributed by atoms with E-state index in [-0.39, 0.29) is 5.92 Å². The first kappa shape index (κ1) is 13.5. The number of hydrogen-bond donors (Lipinski definition) is 2. The Labute approximate surface area is 116 Å². The molecule has 0 aromatic carbocycles. The molecule has 0 bridgehead atoms. The van der Waals surface area contributed by atoms with Crippen LogP contribution < -0.4 is 16.0 Å². The van der Waals surface area contributed by atoms with Crippen molar-refractivity contribution in [2.24, 2.45) is 5.84 Å². The first-order valence-electron chi connectivity index (χ1n) is 5.72. The molecule has 0 saturated carbocycles. The van der Waals surface area contributed by atoms with Crippen LogP contribution in [0.25, 0.3) is 0 Å². The Hall–Kier alpha value is -1.92. The number of ether oxygens (including phenoxy) is 1. The number of halogens is 1. The van der Waals surface area contributed by atoms with Crippen LogP contribution in [0, 0.1) is 0 Å². The maximum absolute atomic E-state index is 5.84. The van der Waals surface area contributed by atoms with Gasteiger partial charge in [-0.1, -0.05) is 25.4 Å². The maximum atomic E-state index is 5.84. The van der Waals surface area contributed by atoms with Crippen LogP contribution in [0.1, 0.15) is 25.6 Å². The molecule has 2 aromatic heterocycles. The largest absolute Gasteiger partial charge is 0.437 e. The summed E-state index contributed by atoms with van der Waals surface area (Å²) < 4.78 is 5.60. The van der Waals surface area contributed by atoms with Crippen molar-refractivity contribution in [3.63, 3.8) is 0 Å². The van der Waals surface area contributed by atoms with Gasteiger partial charge in [-0.25, -0.2) is 10.8 Å². The third-order valence-electron chi connectivity index (χ3n) is 2.29. The number of rotatable bonds is 4. The average Bonchev–Trinajstić information content (AvgIpc) is 2.38. The van der Waals surface area contributed by atoms with Gasteiger partial charge in [0.15, 0.2) is 0 Å². The van der Waals surface area contributed by atoms with Crippen LogP contribution in [0.2, 0.25) is 5.02 Å². The van der Waals surface area contributed by atoms with Gasteiger partial charge in [-0.05, 0) is 0 Å². The molecule has 0 radical (unpaired) electrons. The zero-order valence-corrected chi connectivity index (χ0v) is 11.3. The highest BCUT2D eigenvalue weighted by atomic mass is 35.5. The standard InChI is InChI=1S/C12H14ClN5O/c1-7(2)12-16-10(18-14)4-11(17-12)19-9-3-8(13)5-15-6-9/h3-7H,14H2,1-2H3,(H,16,17,18). The Morgan fingerprint density at radius 3 is 2.68 bits per heavy atom. The fourth-order valence-electron chi connectivity index (χ4n) is 1.40. The molecule has 0 amide bonds. The Morgan fingerprint density at radius 2 is 2.05 bits per heavy atom. The molecule has 0 unspecified atom stereocenters. The topological polar surface area (TPSA) is 86.0 Å². The molecule has 0 aliphatic carbocycles. The van der Waals surface area contributed by atoms with E-state index in [2.05, 4.69) is 20.4 Å². The summed E-state index contributed by atoms with van der Waals surface area (Å²) in [6, 6.07) is 3.26. The number of nitrogen functional groups attached to an aromatic ring is 1. The van der Waals surface area contributed by atoms with Gasteiger partial charge in [0.1, 0.15) is 17.4 Å².